The zero-order valence-corrected chi connectivity index (χ0v) is 16.9. The Morgan fingerprint density at radius 2 is 1.86 bits per heavy atom. The van der Waals surface area contributed by atoms with Gasteiger partial charge in [-0.25, -0.2) is 9.38 Å². The lowest BCUT2D eigenvalue weighted by Gasteiger charge is -2.45. The van der Waals surface area contributed by atoms with E-state index in [1.807, 2.05) is 17.0 Å². The van der Waals surface area contributed by atoms with Gasteiger partial charge in [0.1, 0.15) is 11.5 Å². The second kappa shape index (κ2) is 7.16. The standard InChI is InChI=1S/C21H30FN7/c22-17-13-15(6-7-18(17)28-12-11-27-10-4-5-16(27)14-28)29-20(24)25-19(23)26-21(29)8-2-1-3-9-21/h6-7,13,16H,1-5,8-12,14H2,(H4,23,24,25,26). The van der Waals surface area contributed by atoms with Gasteiger partial charge in [0.05, 0.1) is 5.69 Å². The second-order valence-electron chi connectivity index (χ2n) is 8.73. The Labute approximate surface area is 171 Å². The van der Waals surface area contributed by atoms with Crippen molar-refractivity contribution in [3.05, 3.63) is 24.0 Å². The number of piperazine rings is 1. The molecule has 1 unspecified atom stereocenters. The van der Waals surface area contributed by atoms with E-state index in [2.05, 4.69) is 19.8 Å². The first-order valence-corrected chi connectivity index (χ1v) is 10.8. The minimum atomic E-state index is -0.544. The van der Waals surface area contributed by atoms with Crippen molar-refractivity contribution < 1.29 is 4.39 Å². The van der Waals surface area contributed by atoms with Crippen LogP contribution in [0.15, 0.2) is 28.2 Å². The zero-order valence-electron chi connectivity index (χ0n) is 16.9. The minimum absolute atomic E-state index is 0.213. The number of aliphatic imine (C=N–C) groups is 2. The molecule has 3 fully saturated rings. The molecule has 0 aromatic heterocycles. The van der Waals surface area contributed by atoms with E-state index in [1.165, 1.54) is 25.8 Å². The van der Waals surface area contributed by atoms with Crippen molar-refractivity contribution in [3.63, 3.8) is 0 Å². The Hall–Kier alpha value is -2.35. The normalized spacial score (nSPS) is 27.0. The highest BCUT2D eigenvalue weighted by Crippen LogP contribution is 2.40. The van der Waals surface area contributed by atoms with Crippen LogP contribution in [-0.4, -0.2) is 54.7 Å². The van der Waals surface area contributed by atoms with Crippen LogP contribution >= 0.6 is 0 Å². The van der Waals surface area contributed by atoms with Crippen molar-refractivity contribution in [2.24, 2.45) is 21.5 Å². The fourth-order valence-electron chi connectivity index (χ4n) is 5.60. The number of benzene rings is 1. The molecule has 1 aliphatic carbocycles. The number of anilines is 2. The van der Waals surface area contributed by atoms with Gasteiger partial charge in [0.15, 0.2) is 0 Å². The molecule has 3 aliphatic heterocycles. The first-order valence-electron chi connectivity index (χ1n) is 10.8. The molecule has 0 bridgehead atoms. The van der Waals surface area contributed by atoms with Crippen molar-refractivity contribution in [2.45, 2.75) is 56.7 Å². The molecule has 4 aliphatic rings. The predicted octanol–water partition coefficient (Wildman–Crippen LogP) is 2.22. The number of fused-ring (bicyclic) bond motifs is 1. The van der Waals surface area contributed by atoms with Gasteiger partial charge in [-0.3, -0.25) is 9.80 Å². The van der Waals surface area contributed by atoms with E-state index in [1.54, 1.807) is 6.07 Å². The van der Waals surface area contributed by atoms with Crippen LogP contribution in [0.1, 0.15) is 44.9 Å². The summed E-state index contributed by atoms with van der Waals surface area (Å²) >= 11 is 0. The average molecular weight is 400 g/mol. The summed E-state index contributed by atoms with van der Waals surface area (Å²) in [5, 5.41) is 0. The molecule has 156 valence electrons. The lowest BCUT2D eigenvalue weighted by Crippen LogP contribution is -2.58. The number of nitrogens with two attached hydrogens (primary N) is 2. The number of rotatable bonds is 2. The third-order valence-corrected chi connectivity index (χ3v) is 6.97. The van der Waals surface area contributed by atoms with Crippen LogP contribution in [0.3, 0.4) is 0 Å². The van der Waals surface area contributed by atoms with Gasteiger partial charge in [0.2, 0.25) is 11.9 Å². The van der Waals surface area contributed by atoms with E-state index < -0.39 is 5.66 Å². The van der Waals surface area contributed by atoms with Gasteiger partial charge in [-0.15, -0.1) is 0 Å². The summed E-state index contributed by atoms with van der Waals surface area (Å²) in [5.74, 6) is 0.300. The largest absolute Gasteiger partial charge is 0.369 e. The topological polar surface area (TPSA) is 86.5 Å². The van der Waals surface area contributed by atoms with Crippen LogP contribution in [0.4, 0.5) is 15.8 Å². The van der Waals surface area contributed by atoms with Crippen LogP contribution in [0.25, 0.3) is 0 Å². The van der Waals surface area contributed by atoms with E-state index in [9.17, 15) is 0 Å². The van der Waals surface area contributed by atoms with Crippen LogP contribution in [0.2, 0.25) is 0 Å². The minimum Gasteiger partial charge on any atom is -0.369 e. The van der Waals surface area contributed by atoms with E-state index in [0.29, 0.717) is 23.4 Å². The number of halogens is 1. The number of guanidine groups is 2. The highest BCUT2D eigenvalue weighted by atomic mass is 19.1. The average Bonchev–Trinajstić information content (AvgIpc) is 3.16. The summed E-state index contributed by atoms with van der Waals surface area (Å²) in [4.78, 5) is 15.5. The van der Waals surface area contributed by atoms with E-state index in [4.69, 9.17) is 11.5 Å². The Morgan fingerprint density at radius 3 is 2.66 bits per heavy atom. The molecule has 3 heterocycles. The van der Waals surface area contributed by atoms with Gasteiger partial charge in [0, 0.05) is 31.4 Å². The van der Waals surface area contributed by atoms with Crippen molar-refractivity contribution >= 4 is 23.3 Å². The second-order valence-corrected chi connectivity index (χ2v) is 8.73. The number of hydrogen-bond acceptors (Lipinski definition) is 7. The fourth-order valence-corrected chi connectivity index (χ4v) is 5.60. The van der Waals surface area contributed by atoms with Crippen LogP contribution in [0.5, 0.6) is 0 Å². The van der Waals surface area contributed by atoms with Crippen LogP contribution in [0, 0.1) is 5.82 Å². The summed E-state index contributed by atoms with van der Waals surface area (Å²) in [6.45, 7) is 3.95. The molecule has 2 saturated heterocycles. The van der Waals surface area contributed by atoms with Crippen molar-refractivity contribution in [2.75, 3.05) is 36.0 Å². The maximum atomic E-state index is 15.3. The Morgan fingerprint density at radius 1 is 1.03 bits per heavy atom. The smallest absolute Gasteiger partial charge is 0.220 e. The first kappa shape index (κ1) is 18.7. The van der Waals surface area contributed by atoms with Crippen molar-refractivity contribution in [1.82, 2.24) is 4.90 Å². The predicted molar refractivity (Wildman–Crippen MR) is 115 cm³/mol. The molecule has 1 atom stereocenters. The maximum absolute atomic E-state index is 15.3. The lowest BCUT2D eigenvalue weighted by molar-refractivity contribution is 0.230. The van der Waals surface area contributed by atoms with Gasteiger partial charge < -0.3 is 16.4 Å². The summed E-state index contributed by atoms with van der Waals surface area (Å²) < 4.78 is 15.3. The molecule has 29 heavy (non-hydrogen) atoms. The molecule has 1 aromatic rings. The first-order chi connectivity index (χ1) is 14.1. The third-order valence-electron chi connectivity index (χ3n) is 6.97. The highest BCUT2D eigenvalue weighted by Gasteiger charge is 2.43. The Kier molecular flexibility index (Phi) is 4.61. The van der Waals surface area contributed by atoms with Crippen molar-refractivity contribution in [3.8, 4) is 0 Å². The molecule has 8 heteroatoms. The zero-order chi connectivity index (χ0) is 20.0. The monoisotopic (exact) mass is 399 g/mol. The molecule has 0 amide bonds. The maximum Gasteiger partial charge on any atom is 0.220 e. The summed E-state index contributed by atoms with van der Waals surface area (Å²) in [7, 11) is 0. The van der Waals surface area contributed by atoms with E-state index in [-0.39, 0.29) is 11.8 Å². The molecule has 1 spiro atoms. The van der Waals surface area contributed by atoms with Gasteiger partial charge >= 0.3 is 0 Å². The van der Waals surface area contributed by atoms with E-state index >= 15 is 4.39 Å². The molecular weight excluding hydrogens is 369 g/mol. The van der Waals surface area contributed by atoms with Gasteiger partial charge in [-0.1, -0.05) is 6.42 Å². The van der Waals surface area contributed by atoms with E-state index in [0.717, 1.165) is 45.3 Å². The quantitative estimate of drug-likeness (QED) is 0.796. The molecule has 4 N–H and O–H groups in total. The van der Waals surface area contributed by atoms with Crippen LogP contribution in [-0.2, 0) is 0 Å². The van der Waals surface area contributed by atoms with Gasteiger partial charge in [-0.2, -0.15) is 4.99 Å². The van der Waals surface area contributed by atoms with Crippen molar-refractivity contribution in [1.29, 1.82) is 0 Å². The molecule has 7 nitrogen and oxygen atoms in total. The fraction of sp³-hybridized carbons (Fsp3) is 0.619. The van der Waals surface area contributed by atoms with Crippen LogP contribution < -0.4 is 21.3 Å². The molecule has 1 saturated carbocycles. The van der Waals surface area contributed by atoms with Gasteiger partial charge in [0.25, 0.3) is 0 Å². The molecule has 5 rings (SSSR count). The van der Waals surface area contributed by atoms with Gasteiger partial charge in [-0.05, 0) is 63.3 Å². The number of nitrogens with zero attached hydrogens (tertiary/aromatic N) is 5. The Balaban J connectivity index is 1.44. The SMILES string of the molecule is NC1=NC2(CCCCC2)N(c2ccc(N3CCN4CCCC4C3)c(F)c2)C(N)=N1. The summed E-state index contributed by atoms with van der Waals surface area (Å²) in [6, 6.07) is 5.98. The number of hydrogen-bond donors (Lipinski definition) is 2. The lowest BCUT2D eigenvalue weighted by atomic mass is 9.87. The third kappa shape index (κ3) is 3.23. The summed E-state index contributed by atoms with van der Waals surface area (Å²) in [6.07, 6.45) is 7.41. The Bertz CT molecular complexity index is 845. The summed E-state index contributed by atoms with van der Waals surface area (Å²) in [5.41, 5.74) is 13.0. The highest BCUT2D eigenvalue weighted by molar-refractivity contribution is 6.05. The molecular formula is C21H30FN7. The molecule has 1 aromatic carbocycles. The molecule has 0 radical (unpaired) electrons.